The highest BCUT2D eigenvalue weighted by molar-refractivity contribution is 5.18. The molecule has 2 heteroatoms. The predicted octanol–water partition coefficient (Wildman–Crippen LogP) is 2.87. The summed E-state index contributed by atoms with van der Waals surface area (Å²) >= 11 is 0. The molecule has 2 aromatic rings. The first kappa shape index (κ1) is 9.99. The zero-order chi connectivity index (χ0) is 10.5. The van der Waals surface area contributed by atoms with E-state index in [9.17, 15) is 0 Å². The molecule has 1 heterocycles. The lowest BCUT2D eigenvalue weighted by Gasteiger charge is -2.13. The van der Waals surface area contributed by atoms with Crippen LogP contribution < -0.4 is 5.32 Å². The van der Waals surface area contributed by atoms with E-state index in [1.54, 1.807) is 0 Å². The summed E-state index contributed by atoms with van der Waals surface area (Å²) in [6.45, 7) is 3.06. The average molecular weight is 200 g/mol. The molecule has 1 aromatic heterocycles. The van der Waals surface area contributed by atoms with Crippen LogP contribution in [0.1, 0.15) is 24.2 Å². The standard InChI is InChI=1S/C13H16N2/c1-11(12-6-3-2-4-7-12)15-10-13-8-5-9-14-13/h2-9,11,14-15H,10H2,1H3/t11-/m1/s1. The largest absolute Gasteiger partial charge is 0.364 e. The highest BCUT2D eigenvalue weighted by Crippen LogP contribution is 2.11. The normalized spacial score (nSPS) is 12.6. The summed E-state index contributed by atoms with van der Waals surface area (Å²) in [4.78, 5) is 3.18. The summed E-state index contributed by atoms with van der Waals surface area (Å²) in [6.07, 6.45) is 1.95. The van der Waals surface area contributed by atoms with Crippen molar-refractivity contribution in [2.45, 2.75) is 19.5 Å². The lowest BCUT2D eigenvalue weighted by atomic mass is 10.1. The van der Waals surface area contributed by atoms with Gasteiger partial charge in [0.1, 0.15) is 0 Å². The van der Waals surface area contributed by atoms with Crippen molar-refractivity contribution in [1.82, 2.24) is 10.3 Å². The molecule has 0 bridgehead atoms. The second-order valence-corrected chi connectivity index (χ2v) is 3.71. The van der Waals surface area contributed by atoms with E-state index in [1.165, 1.54) is 11.3 Å². The van der Waals surface area contributed by atoms with Gasteiger partial charge in [-0.3, -0.25) is 0 Å². The number of hydrogen-bond donors (Lipinski definition) is 2. The summed E-state index contributed by atoms with van der Waals surface area (Å²) in [6, 6.07) is 15.0. The first-order valence-electron chi connectivity index (χ1n) is 5.27. The third kappa shape index (κ3) is 2.70. The Morgan fingerprint density at radius 3 is 2.60 bits per heavy atom. The van der Waals surface area contributed by atoms with Gasteiger partial charge in [-0.1, -0.05) is 30.3 Å². The van der Waals surface area contributed by atoms with Crippen LogP contribution in [0.2, 0.25) is 0 Å². The van der Waals surface area contributed by atoms with Crippen LogP contribution in [0.3, 0.4) is 0 Å². The Labute approximate surface area is 90.3 Å². The maximum Gasteiger partial charge on any atom is 0.0362 e. The van der Waals surface area contributed by atoms with E-state index in [2.05, 4.69) is 47.6 Å². The second kappa shape index (κ2) is 4.80. The van der Waals surface area contributed by atoms with E-state index in [0.29, 0.717) is 6.04 Å². The zero-order valence-electron chi connectivity index (χ0n) is 8.90. The van der Waals surface area contributed by atoms with Gasteiger partial charge in [0.25, 0.3) is 0 Å². The SMILES string of the molecule is C[C@@H](NCc1ccc[nH]1)c1ccccc1. The summed E-state index contributed by atoms with van der Waals surface area (Å²) in [5, 5.41) is 3.47. The average Bonchev–Trinajstić information content (AvgIpc) is 2.80. The number of nitrogens with one attached hydrogen (secondary N) is 2. The van der Waals surface area contributed by atoms with Crippen LogP contribution in [0.5, 0.6) is 0 Å². The predicted molar refractivity (Wildman–Crippen MR) is 62.5 cm³/mol. The molecule has 0 fully saturated rings. The van der Waals surface area contributed by atoms with Crippen molar-refractivity contribution >= 4 is 0 Å². The summed E-state index contributed by atoms with van der Waals surface area (Å²) in [5.74, 6) is 0. The van der Waals surface area contributed by atoms with Gasteiger partial charge in [0, 0.05) is 24.5 Å². The van der Waals surface area contributed by atoms with E-state index < -0.39 is 0 Å². The fourth-order valence-electron chi connectivity index (χ4n) is 1.60. The van der Waals surface area contributed by atoms with Gasteiger partial charge in [0.15, 0.2) is 0 Å². The molecule has 0 unspecified atom stereocenters. The van der Waals surface area contributed by atoms with Gasteiger partial charge < -0.3 is 10.3 Å². The van der Waals surface area contributed by atoms with Gasteiger partial charge in [-0.25, -0.2) is 0 Å². The number of rotatable bonds is 4. The lowest BCUT2D eigenvalue weighted by molar-refractivity contribution is 0.569. The van der Waals surface area contributed by atoms with Gasteiger partial charge in [-0.05, 0) is 24.6 Å². The maximum absolute atomic E-state index is 3.47. The van der Waals surface area contributed by atoms with Crippen LogP contribution >= 0.6 is 0 Å². The monoisotopic (exact) mass is 200 g/mol. The van der Waals surface area contributed by atoms with Gasteiger partial charge in [0.05, 0.1) is 0 Å². The molecule has 15 heavy (non-hydrogen) atoms. The molecule has 1 atom stereocenters. The molecule has 0 amide bonds. The Bertz CT molecular complexity index is 378. The molecule has 0 saturated carbocycles. The quantitative estimate of drug-likeness (QED) is 0.780. The van der Waals surface area contributed by atoms with Crippen molar-refractivity contribution in [2.75, 3.05) is 0 Å². The van der Waals surface area contributed by atoms with Crippen LogP contribution in [0.4, 0.5) is 0 Å². The maximum atomic E-state index is 3.47. The Balaban J connectivity index is 1.90. The Kier molecular flexibility index (Phi) is 3.20. The van der Waals surface area contributed by atoms with E-state index in [1.807, 2.05) is 18.3 Å². The zero-order valence-corrected chi connectivity index (χ0v) is 8.90. The molecule has 0 aliphatic heterocycles. The first-order chi connectivity index (χ1) is 7.36. The van der Waals surface area contributed by atoms with E-state index >= 15 is 0 Å². The van der Waals surface area contributed by atoms with Crippen molar-refractivity contribution < 1.29 is 0 Å². The van der Waals surface area contributed by atoms with Crippen LogP contribution in [-0.4, -0.2) is 4.98 Å². The third-order valence-corrected chi connectivity index (χ3v) is 2.56. The summed E-state index contributed by atoms with van der Waals surface area (Å²) < 4.78 is 0. The molecule has 2 nitrogen and oxygen atoms in total. The van der Waals surface area contributed by atoms with Crippen LogP contribution in [0.15, 0.2) is 48.7 Å². The molecule has 78 valence electrons. The Hall–Kier alpha value is -1.54. The van der Waals surface area contributed by atoms with Crippen LogP contribution in [0, 0.1) is 0 Å². The van der Waals surface area contributed by atoms with Gasteiger partial charge in [-0.15, -0.1) is 0 Å². The van der Waals surface area contributed by atoms with E-state index in [-0.39, 0.29) is 0 Å². The third-order valence-electron chi connectivity index (χ3n) is 2.56. The van der Waals surface area contributed by atoms with E-state index in [0.717, 1.165) is 6.54 Å². The number of H-pyrrole nitrogens is 1. The first-order valence-corrected chi connectivity index (χ1v) is 5.27. The van der Waals surface area contributed by atoms with Gasteiger partial charge in [0.2, 0.25) is 0 Å². The molecule has 0 radical (unpaired) electrons. The smallest absolute Gasteiger partial charge is 0.0362 e. The molecule has 0 aliphatic rings. The minimum absolute atomic E-state index is 0.384. The fraction of sp³-hybridized carbons (Fsp3) is 0.231. The van der Waals surface area contributed by atoms with Crippen molar-refractivity contribution in [3.05, 3.63) is 59.9 Å². The molecule has 0 saturated heterocycles. The summed E-state index contributed by atoms with van der Waals surface area (Å²) in [7, 11) is 0. The topological polar surface area (TPSA) is 27.8 Å². The number of benzene rings is 1. The second-order valence-electron chi connectivity index (χ2n) is 3.71. The lowest BCUT2D eigenvalue weighted by Crippen LogP contribution is -2.18. The van der Waals surface area contributed by atoms with Crippen LogP contribution in [0.25, 0.3) is 0 Å². The number of aromatic amines is 1. The van der Waals surface area contributed by atoms with Crippen molar-refractivity contribution in [3.8, 4) is 0 Å². The molecular weight excluding hydrogens is 184 g/mol. The highest BCUT2D eigenvalue weighted by Gasteiger charge is 2.03. The summed E-state index contributed by atoms with van der Waals surface area (Å²) in [5.41, 5.74) is 2.54. The highest BCUT2D eigenvalue weighted by atomic mass is 14.9. The molecule has 2 rings (SSSR count). The number of aromatic nitrogens is 1. The van der Waals surface area contributed by atoms with E-state index in [4.69, 9.17) is 0 Å². The molecule has 0 aliphatic carbocycles. The fourth-order valence-corrected chi connectivity index (χ4v) is 1.60. The molecule has 0 spiro atoms. The molecule has 1 aromatic carbocycles. The number of hydrogen-bond acceptors (Lipinski definition) is 1. The molecule has 2 N–H and O–H groups in total. The van der Waals surface area contributed by atoms with Crippen LogP contribution in [-0.2, 0) is 6.54 Å². The van der Waals surface area contributed by atoms with Crippen molar-refractivity contribution in [2.24, 2.45) is 0 Å². The minimum atomic E-state index is 0.384. The van der Waals surface area contributed by atoms with Crippen molar-refractivity contribution in [3.63, 3.8) is 0 Å². The molecular formula is C13H16N2. The minimum Gasteiger partial charge on any atom is -0.364 e. The Morgan fingerprint density at radius 1 is 1.13 bits per heavy atom. The Morgan fingerprint density at radius 2 is 1.93 bits per heavy atom. The van der Waals surface area contributed by atoms with Crippen molar-refractivity contribution in [1.29, 1.82) is 0 Å². The van der Waals surface area contributed by atoms with Gasteiger partial charge >= 0.3 is 0 Å². The van der Waals surface area contributed by atoms with Gasteiger partial charge in [-0.2, -0.15) is 0 Å².